The van der Waals surface area contributed by atoms with Crippen molar-refractivity contribution in [2.24, 2.45) is 10.9 Å². The summed E-state index contributed by atoms with van der Waals surface area (Å²) in [6.07, 6.45) is 0. The van der Waals surface area contributed by atoms with E-state index in [4.69, 9.17) is 15.7 Å². The molecule has 18 heavy (non-hydrogen) atoms. The van der Waals surface area contributed by atoms with Gasteiger partial charge in [0.25, 0.3) is 5.69 Å². The third-order valence-corrected chi connectivity index (χ3v) is 3.13. The maximum atomic E-state index is 10.9. The molecule has 8 heteroatoms. The largest absolute Gasteiger partial charge is 0.409 e. The smallest absolute Gasteiger partial charge is 0.283 e. The standard InChI is InChI=1S/C10H13N3O4S/c1-17-4-5-18-9-3-2-7(10(11)12-14)6-8(9)13(15)16/h2-3,6,14H,4-5H2,1H3,(H2,11,12). The highest BCUT2D eigenvalue weighted by atomic mass is 32.2. The van der Waals surface area contributed by atoms with Gasteiger partial charge in [-0.25, -0.2) is 0 Å². The number of oxime groups is 1. The second-order valence-electron chi connectivity index (χ2n) is 3.27. The molecule has 1 aromatic carbocycles. The summed E-state index contributed by atoms with van der Waals surface area (Å²) in [7, 11) is 1.57. The van der Waals surface area contributed by atoms with E-state index in [-0.39, 0.29) is 11.5 Å². The molecule has 0 bridgehead atoms. The average Bonchev–Trinajstić information content (AvgIpc) is 2.38. The highest BCUT2D eigenvalue weighted by Gasteiger charge is 2.16. The molecule has 0 atom stereocenters. The van der Waals surface area contributed by atoms with Crippen LogP contribution in [0.1, 0.15) is 5.56 Å². The lowest BCUT2D eigenvalue weighted by Crippen LogP contribution is -2.13. The number of hydrogen-bond donors (Lipinski definition) is 2. The Bertz CT molecular complexity index is 464. The molecular formula is C10H13N3O4S. The molecule has 0 aliphatic carbocycles. The highest BCUT2D eigenvalue weighted by Crippen LogP contribution is 2.29. The molecule has 0 aliphatic rings. The fourth-order valence-corrected chi connectivity index (χ4v) is 2.15. The predicted octanol–water partition coefficient (Wildman–Crippen LogP) is 1.43. The van der Waals surface area contributed by atoms with E-state index < -0.39 is 4.92 Å². The van der Waals surface area contributed by atoms with Gasteiger partial charge in [0.1, 0.15) is 0 Å². The molecule has 0 aromatic heterocycles. The van der Waals surface area contributed by atoms with Crippen molar-refractivity contribution in [1.29, 1.82) is 0 Å². The first kappa shape index (κ1) is 14.3. The van der Waals surface area contributed by atoms with Crippen LogP contribution in [0.5, 0.6) is 0 Å². The summed E-state index contributed by atoms with van der Waals surface area (Å²) in [4.78, 5) is 11.0. The topological polar surface area (TPSA) is 111 Å². The molecule has 98 valence electrons. The van der Waals surface area contributed by atoms with Crippen molar-refractivity contribution >= 4 is 23.3 Å². The molecule has 0 unspecified atom stereocenters. The molecule has 1 aromatic rings. The van der Waals surface area contributed by atoms with Crippen LogP contribution in [0, 0.1) is 10.1 Å². The zero-order valence-corrected chi connectivity index (χ0v) is 10.5. The summed E-state index contributed by atoms with van der Waals surface area (Å²) in [6, 6.07) is 4.42. The molecular weight excluding hydrogens is 258 g/mol. The number of nitro benzene ring substituents is 1. The Morgan fingerprint density at radius 2 is 2.39 bits per heavy atom. The molecule has 0 fully saturated rings. The maximum Gasteiger partial charge on any atom is 0.283 e. The van der Waals surface area contributed by atoms with Gasteiger partial charge >= 0.3 is 0 Å². The van der Waals surface area contributed by atoms with Gasteiger partial charge in [0.15, 0.2) is 5.84 Å². The lowest BCUT2D eigenvalue weighted by atomic mass is 10.2. The van der Waals surface area contributed by atoms with E-state index in [1.807, 2.05) is 0 Å². The number of nitrogens with zero attached hydrogens (tertiary/aromatic N) is 2. The van der Waals surface area contributed by atoms with E-state index in [2.05, 4.69) is 5.16 Å². The minimum Gasteiger partial charge on any atom is -0.409 e. The molecule has 0 heterocycles. The van der Waals surface area contributed by atoms with Crippen molar-refractivity contribution in [2.45, 2.75) is 4.90 Å². The predicted molar refractivity (Wildman–Crippen MR) is 68.2 cm³/mol. The van der Waals surface area contributed by atoms with Crippen LogP contribution >= 0.6 is 11.8 Å². The first-order valence-electron chi connectivity index (χ1n) is 4.98. The van der Waals surface area contributed by atoms with Gasteiger partial charge in [0, 0.05) is 24.5 Å². The molecule has 0 saturated heterocycles. The lowest BCUT2D eigenvalue weighted by molar-refractivity contribution is -0.387. The fraction of sp³-hybridized carbons (Fsp3) is 0.300. The Kier molecular flexibility index (Phi) is 5.40. The lowest BCUT2D eigenvalue weighted by Gasteiger charge is -2.04. The highest BCUT2D eigenvalue weighted by molar-refractivity contribution is 7.99. The van der Waals surface area contributed by atoms with Gasteiger partial charge in [0.2, 0.25) is 0 Å². The minimum absolute atomic E-state index is 0.0693. The van der Waals surface area contributed by atoms with Crippen LogP contribution in [0.25, 0.3) is 0 Å². The monoisotopic (exact) mass is 271 g/mol. The molecule has 0 radical (unpaired) electrons. The summed E-state index contributed by atoms with van der Waals surface area (Å²) in [5.74, 6) is 0.451. The summed E-state index contributed by atoms with van der Waals surface area (Å²) in [6.45, 7) is 0.504. The van der Waals surface area contributed by atoms with Crippen LogP contribution in [-0.2, 0) is 4.74 Å². The summed E-state index contributed by atoms with van der Waals surface area (Å²) >= 11 is 1.32. The number of nitrogens with two attached hydrogens (primary N) is 1. The van der Waals surface area contributed by atoms with E-state index >= 15 is 0 Å². The first-order valence-corrected chi connectivity index (χ1v) is 5.96. The van der Waals surface area contributed by atoms with Gasteiger partial charge < -0.3 is 15.7 Å². The second-order valence-corrected chi connectivity index (χ2v) is 4.40. The third kappa shape index (κ3) is 3.60. The summed E-state index contributed by atoms with van der Waals surface area (Å²) < 4.78 is 4.88. The molecule has 0 spiro atoms. The van der Waals surface area contributed by atoms with Gasteiger partial charge in [-0.1, -0.05) is 5.16 Å². The maximum absolute atomic E-state index is 10.9. The van der Waals surface area contributed by atoms with Gasteiger partial charge in [-0.05, 0) is 12.1 Å². The molecule has 3 N–H and O–H groups in total. The number of amidine groups is 1. The zero-order valence-electron chi connectivity index (χ0n) is 9.70. The van der Waals surface area contributed by atoms with Crippen LogP contribution in [0.3, 0.4) is 0 Å². The van der Waals surface area contributed by atoms with E-state index in [0.717, 1.165) is 0 Å². The van der Waals surface area contributed by atoms with E-state index in [1.54, 1.807) is 19.2 Å². The average molecular weight is 271 g/mol. The van der Waals surface area contributed by atoms with Crippen molar-refractivity contribution in [2.75, 3.05) is 19.5 Å². The summed E-state index contributed by atoms with van der Waals surface area (Å²) in [5.41, 5.74) is 5.62. The molecule has 0 amide bonds. The Hall–Kier alpha value is -1.80. The second kappa shape index (κ2) is 6.82. The van der Waals surface area contributed by atoms with Crippen molar-refractivity contribution < 1.29 is 14.9 Å². The van der Waals surface area contributed by atoms with E-state index in [1.165, 1.54) is 17.8 Å². The number of nitro groups is 1. The van der Waals surface area contributed by atoms with Crippen molar-refractivity contribution in [3.63, 3.8) is 0 Å². The van der Waals surface area contributed by atoms with E-state index in [9.17, 15) is 10.1 Å². The summed E-state index contributed by atoms with van der Waals surface area (Å²) in [5, 5.41) is 22.3. The number of thioether (sulfide) groups is 1. The molecule has 7 nitrogen and oxygen atoms in total. The number of hydrogen-bond acceptors (Lipinski definition) is 6. The molecule has 0 saturated carbocycles. The Labute approximate surface area is 108 Å². The number of methoxy groups -OCH3 is 1. The minimum atomic E-state index is -0.497. The quantitative estimate of drug-likeness (QED) is 0.154. The van der Waals surface area contributed by atoms with E-state index in [0.29, 0.717) is 22.8 Å². The molecule has 1 rings (SSSR count). The Balaban J connectivity index is 3.01. The number of rotatable bonds is 6. The van der Waals surface area contributed by atoms with Gasteiger partial charge in [-0.15, -0.1) is 11.8 Å². The van der Waals surface area contributed by atoms with Crippen LogP contribution in [-0.4, -0.2) is 35.4 Å². The van der Waals surface area contributed by atoms with Gasteiger partial charge in [0.05, 0.1) is 16.4 Å². The fourth-order valence-electron chi connectivity index (χ4n) is 1.23. The molecule has 0 aliphatic heterocycles. The third-order valence-electron chi connectivity index (χ3n) is 2.10. The SMILES string of the molecule is COCCSc1ccc(C(N)=NO)cc1[N+](=O)[O-]. The van der Waals surface area contributed by atoms with Crippen molar-refractivity contribution in [3.05, 3.63) is 33.9 Å². The Morgan fingerprint density at radius 3 is 2.94 bits per heavy atom. The normalized spacial score (nSPS) is 11.5. The van der Waals surface area contributed by atoms with Crippen LogP contribution < -0.4 is 5.73 Å². The number of benzene rings is 1. The van der Waals surface area contributed by atoms with Crippen LogP contribution in [0.15, 0.2) is 28.3 Å². The van der Waals surface area contributed by atoms with Gasteiger partial charge in [-0.3, -0.25) is 10.1 Å². The van der Waals surface area contributed by atoms with Gasteiger partial charge in [-0.2, -0.15) is 0 Å². The van der Waals surface area contributed by atoms with Crippen LogP contribution in [0.2, 0.25) is 0 Å². The Morgan fingerprint density at radius 1 is 1.67 bits per heavy atom. The first-order chi connectivity index (χ1) is 8.60. The van der Waals surface area contributed by atoms with Crippen LogP contribution in [0.4, 0.5) is 5.69 Å². The number of ether oxygens (including phenoxy) is 1. The van der Waals surface area contributed by atoms with Crippen molar-refractivity contribution in [3.8, 4) is 0 Å². The zero-order chi connectivity index (χ0) is 13.5. The van der Waals surface area contributed by atoms with Crippen molar-refractivity contribution in [1.82, 2.24) is 0 Å².